The van der Waals surface area contributed by atoms with Gasteiger partial charge in [0, 0.05) is 32.6 Å². The maximum Gasteiger partial charge on any atom is 0.223 e. The van der Waals surface area contributed by atoms with Crippen LogP contribution in [0.3, 0.4) is 0 Å². The van der Waals surface area contributed by atoms with E-state index in [0.717, 1.165) is 19.2 Å². The average Bonchev–Trinajstić information content (AvgIpc) is 2.30. The van der Waals surface area contributed by atoms with Crippen LogP contribution in [0.4, 0.5) is 0 Å². The summed E-state index contributed by atoms with van der Waals surface area (Å²) in [6, 6.07) is 0.422. The second-order valence-corrected chi connectivity index (χ2v) is 7.15. The standard InChI is InChI=1S/C12H25N3O3S/c1-14-9-5-4-6-11(14)10-15(2)12(16)7-8-13-19(3,17)18/h11,13H,4-10H2,1-3H3/t11-/m0/s1. The van der Waals surface area contributed by atoms with Gasteiger partial charge in [0.2, 0.25) is 15.9 Å². The van der Waals surface area contributed by atoms with E-state index in [9.17, 15) is 13.2 Å². The van der Waals surface area contributed by atoms with Crippen molar-refractivity contribution in [2.24, 2.45) is 0 Å². The van der Waals surface area contributed by atoms with Gasteiger partial charge in [-0.1, -0.05) is 6.42 Å². The third-order valence-corrected chi connectivity index (χ3v) is 4.26. The third kappa shape index (κ3) is 6.35. The Labute approximate surface area is 116 Å². The number of nitrogens with zero attached hydrogens (tertiary/aromatic N) is 2. The zero-order chi connectivity index (χ0) is 14.5. The molecule has 0 aromatic heterocycles. The summed E-state index contributed by atoms with van der Waals surface area (Å²) in [4.78, 5) is 15.9. The number of amides is 1. The molecule has 0 radical (unpaired) electrons. The first-order chi connectivity index (χ1) is 8.79. The van der Waals surface area contributed by atoms with Crippen molar-refractivity contribution in [1.29, 1.82) is 0 Å². The van der Waals surface area contributed by atoms with E-state index in [-0.39, 0.29) is 18.9 Å². The van der Waals surface area contributed by atoms with Gasteiger partial charge in [-0.15, -0.1) is 0 Å². The van der Waals surface area contributed by atoms with E-state index in [4.69, 9.17) is 0 Å². The minimum atomic E-state index is -3.21. The molecule has 112 valence electrons. The van der Waals surface area contributed by atoms with Gasteiger partial charge in [0.25, 0.3) is 0 Å². The molecule has 1 aliphatic rings. The Morgan fingerprint density at radius 3 is 2.68 bits per heavy atom. The van der Waals surface area contributed by atoms with E-state index in [1.54, 1.807) is 11.9 Å². The Morgan fingerprint density at radius 2 is 2.11 bits per heavy atom. The highest BCUT2D eigenvalue weighted by molar-refractivity contribution is 7.88. The predicted molar refractivity (Wildman–Crippen MR) is 75.4 cm³/mol. The van der Waals surface area contributed by atoms with Crippen molar-refractivity contribution < 1.29 is 13.2 Å². The minimum Gasteiger partial charge on any atom is -0.344 e. The molecule has 1 aliphatic heterocycles. The van der Waals surface area contributed by atoms with Crippen LogP contribution in [-0.2, 0) is 14.8 Å². The lowest BCUT2D eigenvalue weighted by Crippen LogP contribution is -2.45. The number of nitrogens with one attached hydrogen (secondary N) is 1. The van der Waals surface area contributed by atoms with Crippen LogP contribution in [0.5, 0.6) is 0 Å². The monoisotopic (exact) mass is 291 g/mol. The van der Waals surface area contributed by atoms with Gasteiger partial charge in [-0.2, -0.15) is 0 Å². The maximum atomic E-state index is 11.9. The Bertz CT molecular complexity index is 397. The molecule has 0 spiro atoms. The first-order valence-electron chi connectivity index (χ1n) is 6.68. The highest BCUT2D eigenvalue weighted by atomic mass is 32.2. The Balaban J connectivity index is 2.31. The molecule has 6 nitrogen and oxygen atoms in total. The zero-order valence-electron chi connectivity index (χ0n) is 12.1. The normalized spacial score (nSPS) is 21.3. The molecule has 1 amide bonds. The van der Waals surface area contributed by atoms with Crippen LogP contribution in [-0.4, -0.2) is 70.2 Å². The van der Waals surface area contributed by atoms with Crippen molar-refractivity contribution >= 4 is 15.9 Å². The van der Waals surface area contributed by atoms with Crippen LogP contribution in [0.15, 0.2) is 0 Å². The number of sulfonamides is 1. The SMILES string of the molecule is CN(C[C@@H]1CCCCN1C)C(=O)CCNS(C)(=O)=O. The molecule has 1 N–H and O–H groups in total. The summed E-state index contributed by atoms with van der Waals surface area (Å²) in [5.41, 5.74) is 0. The number of piperidine rings is 1. The molecule has 7 heteroatoms. The van der Waals surface area contributed by atoms with Gasteiger partial charge in [-0.3, -0.25) is 4.79 Å². The molecule has 1 rings (SSSR count). The molecule has 1 saturated heterocycles. The van der Waals surface area contributed by atoms with Crippen molar-refractivity contribution in [3.05, 3.63) is 0 Å². The lowest BCUT2D eigenvalue weighted by atomic mass is 10.0. The minimum absolute atomic E-state index is 0.0184. The average molecular weight is 291 g/mol. The highest BCUT2D eigenvalue weighted by Crippen LogP contribution is 2.15. The van der Waals surface area contributed by atoms with Gasteiger partial charge in [0.05, 0.1) is 6.26 Å². The summed E-state index contributed by atoms with van der Waals surface area (Å²) in [6.45, 7) is 1.97. The summed E-state index contributed by atoms with van der Waals surface area (Å²) >= 11 is 0. The number of likely N-dealkylation sites (tertiary alicyclic amines) is 1. The summed E-state index contributed by atoms with van der Waals surface area (Å²) in [5.74, 6) is -0.0184. The van der Waals surface area contributed by atoms with Crippen molar-refractivity contribution in [3.8, 4) is 0 Å². The largest absolute Gasteiger partial charge is 0.344 e. The van der Waals surface area contributed by atoms with E-state index in [2.05, 4.69) is 16.7 Å². The molecule has 0 aromatic carbocycles. The number of likely N-dealkylation sites (N-methyl/N-ethyl adjacent to an activating group) is 2. The van der Waals surface area contributed by atoms with Crippen LogP contribution >= 0.6 is 0 Å². The Kier molecular flexibility index (Phi) is 6.22. The van der Waals surface area contributed by atoms with E-state index >= 15 is 0 Å². The summed E-state index contributed by atoms with van der Waals surface area (Å²) in [5, 5.41) is 0. The number of hydrogen-bond donors (Lipinski definition) is 1. The molecular formula is C12H25N3O3S. The third-order valence-electron chi connectivity index (χ3n) is 3.53. The van der Waals surface area contributed by atoms with Gasteiger partial charge >= 0.3 is 0 Å². The first-order valence-corrected chi connectivity index (χ1v) is 8.57. The summed E-state index contributed by atoms with van der Waals surface area (Å²) < 4.78 is 24.1. The number of carbonyl (C=O) groups excluding carboxylic acids is 1. The molecular weight excluding hydrogens is 266 g/mol. The van der Waals surface area contributed by atoms with Crippen LogP contribution in [0.1, 0.15) is 25.7 Å². The fourth-order valence-electron chi connectivity index (χ4n) is 2.33. The number of rotatable bonds is 6. The van der Waals surface area contributed by atoms with Crippen LogP contribution in [0, 0.1) is 0 Å². The fraction of sp³-hybridized carbons (Fsp3) is 0.917. The van der Waals surface area contributed by atoms with Crippen LogP contribution in [0.25, 0.3) is 0 Å². The van der Waals surface area contributed by atoms with Gasteiger partial charge in [0.15, 0.2) is 0 Å². The predicted octanol–water partition coefficient (Wildman–Crippen LogP) is -0.132. The first kappa shape index (κ1) is 16.4. The number of hydrogen-bond acceptors (Lipinski definition) is 4. The Morgan fingerprint density at radius 1 is 1.42 bits per heavy atom. The Hall–Kier alpha value is -0.660. The lowest BCUT2D eigenvalue weighted by Gasteiger charge is -2.35. The van der Waals surface area contributed by atoms with Gasteiger partial charge < -0.3 is 9.80 Å². The fourth-order valence-corrected chi connectivity index (χ4v) is 2.80. The van der Waals surface area contributed by atoms with Crippen molar-refractivity contribution in [2.75, 3.05) is 40.0 Å². The molecule has 0 unspecified atom stereocenters. The summed E-state index contributed by atoms with van der Waals surface area (Å²) in [6.07, 6.45) is 4.86. The highest BCUT2D eigenvalue weighted by Gasteiger charge is 2.22. The molecule has 0 bridgehead atoms. The topological polar surface area (TPSA) is 69.7 Å². The van der Waals surface area contributed by atoms with Crippen LogP contribution < -0.4 is 4.72 Å². The van der Waals surface area contributed by atoms with E-state index in [0.29, 0.717) is 12.6 Å². The second kappa shape index (κ2) is 7.21. The number of carbonyl (C=O) groups is 1. The second-order valence-electron chi connectivity index (χ2n) is 5.32. The summed E-state index contributed by atoms with van der Waals surface area (Å²) in [7, 11) is 0.663. The molecule has 0 aromatic rings. The molecule has 0 aliphatic carbocycles. The smallest absolute Gasteiger partial charge is 0.223 e. The van der Waals surface area contributed by atoms with E-state index in [1.807, 2.05) is 0 Å². The van der Waals surface area contributed by atoms with Gasteiger partial charge in [-0.05, 0) is 26.4 Å². The lowest BCUT2D eigenvalue weighted by molar-refractivity contribution is -0.130. The van der Waals surface area contributed by atoms with E-state index in [1.165, 1.54) is 12.8 Å². The quantitative estimate of drug-likeness (QED) is 0.740. The molecule has 19 heavy (non-hydrogen) atoms. The maximum absolute atomic E-state index is 11.9. The van der Waals surface area contributed by atoms with Crippen molar-refractivity contribution in [2.45, 2.75) is 31.7 Å². The molecule has 1 heterocycles. The van der Waals surface area contributed by atoms with E-state index < -0.39 is 10.0 Å². The molecule has 0 saturated carbocycles. The van der Waals surface area contributed by atoms with Crippen molar-refractivity contribution in [3.63, 3.8) is 0 Å². The molecule has 1 atom stereocenters. The molecule has 1 fully saturated rings. The van der Waals surface area contributed by atoms with Gasteiger partial charge in [-0.25, -0.2) is 13.1 Å². The zero-order valence-corrected chi connectivity index (χ0v) is 12.9. The van der Waals surface area contributed by atoms with Crippen LogP contribution in [0.2, 0.25) is 0 Å². The van der Waals surface area contributed by atoms with Crippen molar-refractivity contribution in [1.82, 2.24) is 14.5 Å². The van der Waals surface area contributed by atoms with Gasteiger partial charge in [0.1, 0.15) is 0 Å².